The van der Waals surface area contributed by atoms with Crippen molar-refractivity contribution in [2.24, 2.45) is 5.73 Å². The van der Waals surface area contributed by atoms with Crippen molar-refractivity contribution in [3.8, 4) is 0 Å². The van der Waals surface area contributed by atoms with Crippen molar-refractivity contribution in [1.82, 2.24) is 10.2 Å². The first kappa shape index (κ1) is 28.1. The molecule has 36 heavy (non-hydrogen) atoms. The van der Waals surface area contributed by atoms with Crippen molar-refractivity contribution in [3.05, 3.63) is 71.3 Å². The second-order valence-electron chi connectivity index (χ2n) is 10.5. The third-order valence-electron chi connectivity index (χ3n) is 7.45. The highest BCUT2D eigenvalue weighted by atomic mass is 35.5. The minimum absolute atomic E-state index is 0. The van der Waals surface area contributed by atoms with E-state index in [1.165, 1.54) is 11.1 Å². The van der Waals surface area contributed by atoms with Gasteiger partial charge in [0.2, 0.25) is 11.8 Å². The molecule has 2 atom stereocenters. The number of nitrogens with one attached hydrogen (secondary N) is 1. The monoisotopic (exact) mass is 515 g/mol. The minimum atomic E-state index is -1.10. The van der Waals surface area contributed by atoms with E-state index >= 15 is 0 Å². The SMILES string of the molecule is CC(C)(N)C(=O)NC(COCc1ccccc1)C(=O)N1CCC2(CC1)C[C@@H](CO)c1ccccc12.Cl. The Bertz CT molecular complexity index is 1030. The second kappa shape index (κ2) is 11.7. The average molecular weight is 516 g/mol. The van der Waals surface area contributed by atoms with Gasteiger partial charge < -0.3 is 25.8 Å². The van der Waals surface area contributed by atoms with Crippen LogP contribution in [0.2, 0.25) is 0 Å². The van der Waals surface area contributed by atoms with Crippen LogP contribution in [0.3, 0.4) is 0 Å². The molecule has 2 amide bonds. The van der Waals surface area contributed by atoms with Crippen molar-refractivity contribution in [2.75, 3.05) is 26.3 Å². The van der Waals surface area contributed by atoms with Crippen LogP contribution in [0.1, 0.15) is 55.7 Å². The van der Waals surface area contributed by atoms with Gasteiger partial charge in [-0.1, -0.05) is 54.6 Å². The quantitative estimate of drug-likeness (QED) is 0.501. The zero-order valence-electron chi connectivity index (χ0n) is 21.1. The van der Waals surface area contributed by atoms with Gasteiger partial charge in [-0.2, -0.15) is 0 Å². The van der Waals surface area contributed by atoms with Gasteiger partial charge in [-0.05, 0) is 55.2 Å². The molecule has 2 aromatic carbocycles. The van der Waals surface area contributed by atoms with Crippen LogP contribution in [-0.4, -0.2) is 59.7 Å². The lowest BCUT2D eigenvalue weighted by Gasteiger charge is -2.41. The Morgan fingerprint density at radius 3 is 2.42 bits per heavy atom. The van der Waals surface area contributed by atoms with Crippen LogP contribution in [0.25, 0.3) is 0 Å². The molecule has 1 aliphatic carbocycles. The fourth-order valence-corrected chi connectivity index (χ4v) is 5.43. The Hall–Kier alpha value is -2.45. The van der Waals surface area contributed by atoms with Crippen LogP contribution in [0, 0.1) is 0 Å². The molecule has 4 N–H and O–H groups in total. The molecule has 0 radical (unpaired) electrons. The summed E-state index contributed by atoms with van der Waals surface area (Å²) >= 11 is 0. The van der Waals surface area contributed by atoms with Gasteiger partial charge >= 0.3 is 0 Å². The Morgan fingerprint density at radius 1 is 1.14 bits per heavy atom. The first-order valence-corrected chi connectivity index (χ1v) is 12.4. The third-order valence-corrected chi connectivity index (χ3v) is 7.45. The first-order chi connectivity index (χ1) is 16.7. The molecule has 2 aliphatic rings. The van der Waals surface area contributed by atoms with E-state index in [-0.39, 0.29) is 48.8 Å². The van der Waals surface area contributed by atoms with Crippen molar-refractivity contribution in [1.29, 1.82) is 0 Å². The molecule has 1 unspecified atom stereocenters. The fourth-order valence-electron chi connectivity index (χ4n) is 5.43. The highest BCUT2D eigenvalue weighted by Crippen LogP contribution is 2.51. The summed E-state index contributed by atoms with van der Waals surface area (Å²) in [5.41, 5.74) is 8.42. The van der Waals surface area contributed by atoms with E-state index in [2.05, 4.69) is 23.5 Å². The van der Waals surface area contributed by atoms with Gasteiger partial charge in [-0.3, -0.25) is 9.59 Å². The van der Waals surface area contributed by atoms with E-state index in [0.29, 0.717) is 19.7 Å². The van der Waals surface area contributed by atoms with Crippen LogP contribution in [0.4, 0.5) is 0 Å². The van der Waals surface area contributed by atoms with Gasteiger partial charge in [0, 0.05) is 25.6 Å². The van der Waals surface area contributed by atoms with Crippen LogP contribution < -0.4 is 11.1 Å². The average Bonchev–Trinajstić information content (AvgIpc) is 3.16. The van der Waals surface area contributed by atoms with Gasteiger partial charge in [0.25, 0.3) is 0 Å². The number of halogens is 1. The fraction of sp³-hybridized carbons (Fsp3) is 0.500. The Kier molecular flexibility index (Phi) is 9.17. The summed E-state index contributed by atoms with van der Waals surface area (Å²) in [5.74, 6) is -0.377. The maximum Gasteiger partial charge on any atom is 0.247 e. The summed E-state index contributed by atoms with van der Waals surface area (Å²) in [6.45, 7) is 5.01. The highest BCUT2D eigenvalue weighted by Gasteiger charge is 2.46. The van der Waals surface area contributed by atoms with E-state index < -0.39 is 11.6 Å². The van der Waals surface area contributed by atoms with E-state index in [0.717, 1.165) is 24.8 Å². The number of rotatable bonds is 8. The summed E-state index contributed by atoms with van der Waals surface area (Å²) in [4.78, 5) is 28.0. The topological polar surface area (TPSA) is 105 Å². The summed E-state index contributed by atoms with van der Waals surface area (Å²) in [6.07, 6.45) is 2.58. The number of ether oxygens (including phenoxy) is 1. The Balaban J connectivity index is 0.00000361. The molecular formula is C28H38ClN3O4. The van der Waals surface area contributed by atoms with Gasteiger partial charge in [-0.15, -0.1) is 12.4 Å². The third kappa shape index (κ3) is 6.09. The number of carbonyl (C=O) groups excluding carboxylic acids is 2. The number of aliphatic hydroxyl groups excluding tert-OH is 1. The van der Waals surface area contributed by atoms with Gasteiger partial charge in [-0.25, -0.2) is 0 Å². The number of nitrogens with zero attached hydrogens (tertiary/aromatic N) is 1. The van der Waals surface area contributed by atoms with Gasteiger partial charge in [0.1, 0.15) is 6.04 Å². The number of hydrogen-bond acceptors (Lipinski definition) is 5. The lowest BCUT2D eigenvalue weighted by atomic mass is 9.73. The highest BCUT2D eigenvalue weighted by molar-refractivity contribution is 5.91. The van der Waals surface area contributed by atoms with Crippen molar-refractivity contribution in [2.45, 2.75) is 62.6 Å². The predicted molar refractivity (Wildman–Crippen MR) is 142 cm³/mol. The lowest BCUT2D eigenvalue weighted by Crippen LogP contribution is -2.59. The number of likely N-dealkylation sites (tertiary alicyclic amines) is 1. The van der Waals surface area contributed by atoms with E-state index in [1.54, 1.807) is 13.8 Å². The molecule has 1 spiro atoms. The van der Waals surface area contributed by atoms with E-state index in [4.69, 9.17) is 10.5 Å². The molecule has 0 saturated carbocycles. The van der Waals surface area contributed by atoms with E-state index in [9.17, 15) is 14.7 Å². The number of benzene rings is 2. The van der Waals surface area contributed by atoms with Crippen molar-refractivity contribution in [3.63, 3.8) is 0 Å². The van der Waals surface area contributed by atoms with Gasteiger partial charge in [0.15, 0.2) is 0 Å². The standard InChI is InChI=1S/C28H37N3O4.ClH/c1-27(2,29)26(34)30-24(19-35-18-20-8-4-3-5-9-20)25(33)31-14-12-28(13-15-31)16-21(17-32)22-10-6-7-11-23(22)28;/h3-11,21,24,32H,12-19,29H2,1-2H3,(H,30,34);1H/t21-,24?;/m0./s1. The van der Waals surface area contributed by atoms with Crippen LogP contribution in [0.5, 0.6) is 0 Å². The molecule has 2 aromatic rings. The van der Waals surface area contributed by atoms with Gasteiger partial charge in [0.05, 0.1) is 18.8 Å². The number of amides is 2. The zero-order chi connectivity index (χ0) is 25.1. The molecule has 1 fully saturated rings. The zero-order valence-corrected chi connectivity index (χ0v) is 21.9. The molecule has 0 aromatic heterocycles. The number of carbonyl (C=O) groups is 2. The largest absolute Gasteiger partial charge is 0.396 e. The smallest absolute Gasteiger partial charge is 0.247 e. The number of aliphatic hydroxyl groups is 1. The maximum atomic E-state index is 13.5. The van der Waals surface area contributed by atoms with Crippen LogP contribution in [0.15, 0.2) is 54.6 Å². The van der Waals surface area contributed by atoms with Crippen molar-refractivity contribution < 1.29 is 19.4 Å². The molecule has 196 valence electrons. The maximum absolute atomic E-state index is 13.5. The van der Waals surface area contributed by atoms with E-state index in [1.807, 2.05) is 41.3 Å². The first-order valence-electron chi connectivity index (χ1n) is 12.4. The summed E-state index contributed by atoms with van der Waals surface area (Å²) in [7, 11) is 0. The molecule has 0 bridgehead atoms. The van der Waals surface area contributed by atoms with Crippen LogP contribution >= 0.6 is 12.4 Å². The Morgan fingerprint density at radius 2 is 1.78 bits per heavy atom. The molecule has 1 saturated heterocycles. The summed E-state index contributed by atoms with van der Waals surface area (Å²) in [6, 6.07) is 17.3. The van der Waals surface area contributed by atoms with Crippen molar-refractivity contribution >= 4 is 24.2 Å². The number of piperidine rings is 1. The normalized spacial score (nSPS) is 19.3. The molecule has 4 rings (SSSR count). The minimum Gasteiger partial charge on any atom is -0.396 e. The second-order valence-corrected chi connectivity index (χ2v) is 10.5. The summed E-state index contributed by atoms with van der Waals surface area (Å²) in [5, 5.41) is 12.7. The molecular weight excluding hydrogens is 478 g/mol. The molecule has 7 nitrogen and oxygen atoms in total. The number of nitrogens with two attached hydrogens (primary N) is 1. The van der Waals surface area contributed by atoms with Crippen LogP contribution in [-0.2, 0) is 26.3 Å². The number of hydrogen-bond donors (Lipinski definition) is 3. The summed E-state index contributed by atoms with van der Waals surface area (Å²) < 4.78 is 5.84. The Labute approximate surface area is 219 Å². The predicted octanol–water partition coefficient (Wildman–Crippen LogP) is 2.89. The lowest BCUT2D eigenvalue weighted by molar-refractivity contribution is -0.140. The number of fused-ring (bicyclic) bond motifs is 2. The molecule has 8 heteroatoms. The molecule has 1 aliphatic heterocycles. The molecule has 1 heterocycles.